The number of benzene rings is 2. The van der Waals surface area contributed by atoms with Crippen LogP contribution in [-0.2, 0) is 4.79 Å². The maximum atomic E-state index is 12.3. The summed E-state index contributed by atoms with van der Waals surface area (Å²) in [7, 11) is 0. The highest BCUT2D eigenvalue weighted by Gasteiger charge is 2.15. The normalized spacial score (nSPS) is 11.5. The number of thiophene rings is 1. The lowest BCUT2D eigenvalue weighted by Gasteiger charge is -2.20. The van der Waals surface area contributed by atoms with Gasteiger partial charge in [-0.1, -0.05) is 60.2 Å². The van der Waals surface area contributed by atoms with Crippen molar-refractivity contribution in [1.82, 2.24) is 5.32 Å². The molecule has 5 heteroatoms. The third kappa shape index (κ3) is 4.37. The molecule has 0 bridgehead atoms. The molecule has 1 atom stereocenters. The molecule has 0 saturated heterocycles. The van der Waals surface area contributed by atoms with Crippen molar-refractivity contribution in [2.75, 3.05) is 11.9 Å². The molecule has 0 aliphatic rings. The first-order valence-electron chi connectivity index (χ1n) is 8.29. The number of nitriles is 1. The number of nitrogens with zero attached hydrogens (tertiary/aromatic N) is 1. The van der Waals surface area contributed by atoms with Gasteiger partial charge in [-0.2, -0.15) is 5.26 Å². The zero-order valence-electron chi connectivity index (χ0n) is 14.4. The van der Waals surface area contributed by atoms with Crippen molar-refractivity contribution >= 4 is 22.2 Å². The zero-order valence-corrected chi connectivity index (χ0v) is 15.2. The monoisotopic (exact) mass is 361 g/mol. The van der Waals surface area contributed by atoms with Gasteiger partial charge in [0.15, 0.2) is 0 Å². The molecule has 3 rings (SSSR count). The second kappa shape index (κ2) is 8.43. The van der Waals surface area contributed by atoms with Gasteiger partial charge in [-0.05, 0) is 29.5 Å². The summed E-state index contributed by atoms with van der Waals surface area (Å²) in [6, 6.07) is 22.0. The Bertz CT molecular complexity index is 910. The van der Waals surface area contributed by atoms with Crippen molar-refractivity contribution in [1.29, 1.82) is 5.26 Å². The fourth-order valence-electron chi connectivity index (χ4n) is 2.69. The summed E-state index contributed by atoms with van der Waals surface area (Å²) in [4.78, 5) is 12.3. The Kier molecular flexibility index (Phi) is 5.80. The van der Waals surface area contributed by atoms with Gasteiger partial charge in [0.2, 0.25) is 5.91 Å². The van der Waals surface area contributed by atoms with E-state index >= 15 is 0 Å². The van der Waals surface area contributed by atoms with Gasteiger partial charge in [0.25, 0.3) is 0 Å². The summed E-state index contributed by atoms with van der Waals surface area (Å²) < 4.78 is 0. The summed E-state index contributed by atoms with van der Waals surface area (Å²) in [6.07, 6.45) is 0. The molecule has 130 valence electrons. The van der Waals surface area contributed by atoms with Gasteiger partial charge in [0.1, 0.15) is 11.1 Å². The van der Waals surface area contributed by atoms with Crippen LogP contribution in [0.2, 0.25) is 0 Å². The quantitative estimate of drug-likeness (QED) is 0.690. The lowest BCUT2D eigenvalue weighted by Crippen LogP contribution is -2.31. The largest absolute Gasteiger partial charge is 0.315 e. The predicted molar refractivity (Wildman–Crippen MR) is 105 cm³/mol. The zero-order chi connectivity index (χ0) is 18.4. The van der Waals surface area contributed by atoms with E-state index in [1.54, 1.807) is 11.4 Å². The number of anilines is 1. The van der Waals surface area contributed by atoms with Crippen LogP contribution in [-0.4, -0.2) is 12.5 Å². The van der Waals surface area contributed by atoms with E-state index in [-0.39, 0.29) is 18.5 Å². The highest BCUT2D eigenvalue weighted by molar-refractivity contribution is 7.14. The molecule has 1 heterocycles. The van der Waals surface area contributed by atoms with Crippen LogP contribution >= 0.6 is 11.3 Å². The van der Waals surface area contributed by atoms with Crippen LogP contribution in [0.3, 0.4) is 0 Å². The molecule has 4 nitrogen and oxygen atoms in total. The van der Waals surface area contributed by atoms with E-state index in [1.807, 2.05) is 30.3 Å². The fourth-order valence-corrected chi connectivity index (χ4v) is 3.45. The third-order valence-corrected chi connectivity index (χ3v) is 4.88. The number of rotatable bonds is 6. The average Bonchev–Trinajstić information content (AvgIpc) is 3.11. The lowest BCUT2D eigenvalue weighted by molar-refractivity contribution is -0.115. The highest BCUT2D eigenvalue weighted by atomic mass is 32.1. The molecule has 0 radical (unpaired) electrons. The molecule has 26 heavy (non-hydrogen) atoms. The number of carbonyl (C=O) groups is 1. The molecule has 2 N–H and O–H groups in total. The first-order valence-corrected chi connectivity index (χ1v) is 9.17. The maximum Gasteiger partial charge on any atom is 0.238 e. The van der Waals surface area contributed by atoms with Gasteiger partial charge >= 0.3 is 0 Å². The van der Waals surface area contributed by atoms with Gasteiger partial charge in [0, 0.05) is 0 Å². The van der Waals surface area contributed by atoms with Gasteiger partial charge in [-0.15, -0.1) is 11.3 Å². The third-order valence-electron chi connectivity index (χ3n) is 4.05. The summed E-state index contributed by atoms with van der Waals surface area (Å²) in [5.74, 6) is -0.169. The molecule has 0 saturated carbocycles. The van der Waals surface area contributed by atoms with Crippen molar-refractivity contribution in [2.24, 2.45) is 0 Å². The van der Waals surface area contributed by atoms with Crippen LogP contribution < -0.4 is 10.6 Å². The summed E-state index contributed by atoms with van der Waals surface area (Å²) >= 11 is 1.35. The van der Waals surface area contributed by atoms with Gasteiger partial charge in [0.05, 0.1) is 18.2 Å². The van der Waals surface area contributed by atoms with Crippen molar-refractivity contribution in [3.05, 3.63) is 88.3 Å². The molecule has 3 aromatic rings. The van der Waals surface area contributed by atoms with Gasteiger partial charge in [-0.3, -0.25) is 10.1 Å². The van der Waals surface area contributed by atoms with E-state index in [4.69, 9.17) is 5.26 Å². The van der Waals surface area contributed by atoms with Crippen molar-refractivity contribution < 1.29 is 4.79 Å². The van der Waals surface area contributed by atoms with Gasteiger partial charge in [-0.25, -0.2) is 0 Å². The van der Waals surface area contributed by atoms with Crippen LogP contribution in [0, 0.1) is 18.3 Å². The molecule has 0 unspecified atom stereocenters. The number of aryl methyl sites for hydroxylation is 1. The van der Waals surface area contributed by atoms with Crippen LogP contribution in [0.4, 0.5) is 5.00 Å². The number of carbonyl (C=O) groups excluding carboxylic acids is 1. The molecule has 1 amide bonds. The molecule has 0 fully saturated rings. The minimum Gasteiger partial charge on any atom is -0.315 e. The van der Waals surface area contributed by atoms with Crippen LogP contribution in [0.1, 0.15) is 28.3 Å². The van der Waals surface area contributed by atoms with E-state index in [0.29, 0.717) is 10.6 Å². The average molecular weight is 361 g/mol. The Hall–Kier alpha value is -2.94. The highest BCUT2D eigenvalue weighted by Crippen LogP contribution is 2.23. The van der Waals surface area contributed by atoms with E-state index in [0.717, 1.165) is 11.1 Å². The topological polar surface area (TPSA) is 64.9 Å². The maximum absolute atomic E-state index is 12.3. The Balaban J connectivity index is 1.73. The van der Waals surface area contributed by atoms with E-state index in [1.165, 1.54) is 16.9 Å². The molecule has 1 aromatic heterocycles. The summed E-state index contributed by atoms with van der Waals surface area (Å²) in [5, 5.41) is 17.6. The molecule has 0 aliphatic carbocycles. The Morgan fingerprint density at radius 3 is 2.46 bits per heavy atom. The summed E-state index contributed by atoms with van der Waals surface area (Å²) in [6.45, 7) is 2.20. The standard InChI is InChI=1S/C21H19N3OS/c1-15-7-9-17(10-8-15)20(16-5-3-2-4-6-16)23-14-19(25)24-21-18(13-22)11-12-26-21/h2-12,20,23H,14H2,1H3,(H,24,25)/t20-/m1/s1. The SMILES string of the molecule is Cc1ccc([C@H](NCC(=O)Nc2sccc2C#N)c2ccccc2)cc1. The van der Waals surface area contributed by atoms with Crippen molar-refractivity contribution in [3.8, 4) is 6.07 Å². The van der Waals surface area contributed by atoms with Gasteiger partial charge < -0.3 is 5.32 Å². The Labute approximate surface area is 157 Å². The van der Waals surface area contributed by atoms with Crippen molar-refractivity contribution in [2.45, 2.75) is 13.0 Å². The minimum atomic E-state index is -0.169. The second-order valence-corrected chi connectivity index (χ2v) is 6.87. The smallest absolute Gasteiger partial charge is 0.238 e. The second-order valence-electron chi connectivity index (χ2n) is 5.96. The van der Waals surface area contributed by atoms with Crippen LogP contribution in [0.15, 0.2) is 66.0 Å². The minimum absolute atomic E-state index is 0.0821. The lowest BCUT2D eigenvalue weighted by atomic mass is 9.98. The van der Waals surface area contributed by atoms with Crippen LogP contribution in [0.25, 0.3) is 0 Å². The van der Waals surface area contributed by atoms with Crippen LogP contribution in [0.5, 0.6) is 0 Å². The molecule has 0 aliphatic heterocycles. The molecular weight excluding hydrogens is 342 g/mol. The summed E-state index contributed by atoms with van der Waals surface area (Å²) in [5.41, 5.74) is 3.88. The predicted octanol–water partition coefficient (Wildman–Crippen LogP) is 4.25. The number of amides is 1. The molecular formula is C21H19N3OS. The molecule has 2 aromatic carbocycles. The Morgan fingerprint density at radius 1 is 1.08 bits per heavy atom. The fraction of sp³-hybridized carbons (Fsp3) is 0.143. The number of hydrogen-bond acceptors (Lipinski definition) is 4. The first-order chi connectivity index (χ1) is 12.7. The first kappa shape index (κ1) is 17.9. The Morgan fingerprint density at radius 2 is 1.77 bits per heavy atom. The van der Waals surface area contributed by atoms with E-state index in [2.05, 4.69) is 47.9 Å². The van der Waals surface area contributed by atoms with E-state index < -0.39 is 0 Å². The molecule has 0 spiro atoms. The van der Waals surface area contributed by atoms with Crippen molar-refractivity contribution in [3.63, 3.8) is 0 Å². The number of hydrogen-bond donors (Lipinski definition) is 2. The number of nitrogens with one attached hydrogen (secondary N) is 2. The van der Waals surface area contributed by atoms with E-state index in [9.17, 15) is 4.79 Å².